The van der Waals surface area contributed by atoms with Gasteiger partial charge in [0.1, 0.15) is 17.7 Å². The first-order valence-electron chi connectivity index (χ1n) is 13.8. The van der Waals surface area contributed by atoms with E-state index in [0.717, 1.165) is 36.0 Å². The van der Waals surface area contributed by atoms with E-state index in [1.807, 2.05) is 6.07 Å². The molecule has 0 spiro atoms. The number of rotatable bonds is 6. The fourth-order valence-electron chi connectivity index (χ4n) is 6.08. The molecule has 4 nitrogen and oxygen atoms in total. The summed E-state index contributed by atoms with van der Waals surface area (Å²) in [4.78, 5) is 14.4. The van der Waals surface area contributed by atoms with E-state index in [0.29, 0.717) is 36.3 Å². The van der Waals surface area contributed by atoms with Crippen LogP contribution >= 0.6 is 0 Å². The number of cyclic esters (lactones) is 1. The number of allylic oxidation sites excluding steroid dienone is 1. The maximum atomic E-state index is 14.8. The molecule has 2 fully saturated rings. The fourth-order valence-corrected chi connectivity index (χ4v) is 6.08. The van der Waals surface area contributed by atoms with Crippen molar-refractivity contribution in [2.24, 2.45) is 5.41 Å². The van der Waals surface area contributed by atoms with Gasteiger partial charge in [-0.25, -0.2) is 9.18 Å². The van der Waals surface area contributed by atoms with Crippen LogP contribution < -0.4 is 4.74 Å². The largest absolute Gasteiger partial charge is 0.496 e. The summed E-state index contributed by atoms with van der Waals surface area (Å²) >= 11 is 0. The average Bonchev–Trinajstić information content (AvgIpc) is 3.69. The van der Waals surface area contributed by atoms with Gasteiger partial charge in [-0.2, -0.15) is 26.3 Å². The van der Waals surface area contributed by atoms with Gasteiger partial charge in [-0.15, -0.1) is 0 Å². The van der Waals surface area contributed by atoms with Crippen molar-refractivity contribution in [3.8, 4) is 5.75 Å². The van der Waals surface area contributed by atoms with Gasteiger partial charge >= 0.3 is 18.4 Å². The predicted octanol–water partition coefficient (Wildman–Crippen LogP) is 9.29. The molecule has 2 aromatic carbocycles. The molecule has 2 unspecified atom stereocenters. The van der Waals surface area contributed by atoms with Crippen LogP contribution in [0.4, 0.5) is 35.5 Å². The van der Waals surface area contributed by atoms with Gasteiger partial charge in [-0.3, -0.25) is 4.90 Å². The van der Waals surface area contributed by atoms with E-state index in [-0.39, 0.29) is 35.3 Å². The number of alkyl halides is 6. The number of nitrogens with zero attached hydrogens (tertiary/aromatic N) is 1. The maximum absolute atomic E-state index is 14.8. The second kappa shape index (κ2) is 10.5. The quantitative estimate of drug-likeness (QED) is 0.311. The van der Waals surface area contributed by atoms with Crippen LogP contribution in [0.25, 0.3) is 5.57 Å². The van der Waals surface area contributed by atoms with Crippen molar-refractivity contribution >= 4 is 11.7 Å². The van der Waals surface area contributed by atoms with E-state index in [9.17, 15) is 35.5 Å². The van der Waals surface area contributed by atoms with Crippen LogP contribution in [0, 0.1) is 11.2 Å². The summed E-state index contributed by atoms with van der Waals surface area (Å²) in [6.07, 6.45) is -8.43. The van der Waals surface area contributed by atoms with Crippen LogP contribution in [0.5, 0.6) is 5.75 Å². The molecule has 42 heavy (non-hydrogen) atoms. The highest BCUT2D eigenvalue weighted by atomic mass is 19.4. The minimum absolute atomic E-state index is 0.0515. The maximum Gasteiger partial charge on any atom is 0.416 e. The number of carbonyl (C=O) groups excluding carboxylic acids is 1. The van der Waals surface area contributed by atoms with Crippen LogP contribution in [-0.2, 0) is 17.1 Å². The van der Waals surface area contributed by atoms with E-state index < -0.39 is 41.7 Å². The first kappa shape index (κ1) is 30.2. The number of ether oxygens (including phenoxy) is 2. The molecule has 5 rings (SSSR count). The van der Waals surface area contributed by atoms with Gasteiger partial charge in [0.2, 0.25) is 0 Å². The van der Waals surface area contributed by atoms with E-state index in [4.69, 9.17) is 9.47 Å². The topological polar surface area (TPSA) is 38.8 Å². The number of benzene rings is 2. The molecule has 228 valence electrons. The lowest BCUT2D eigenvalue weighted by atomic mass is 9.72. The molecule has 2 atom stereocenters. The van der Waals surface area contributed by atoms with E-state index in [1.165, 1.54) is 18.1 Å². The lowest BCUT2D eigenvalue weighted by molar-refractivity contribution is -0.143. The number of amides is 1. The SMILES string of the molecule is COc1cc(F)c(C2CC2)cc1C1=C(CN2C(=O)OC(c3cc(C(F)(F)F)cc(C(F)(F)F)c3)C2C)CC(C)(C)CC1. The highest BCUT2D eigenvalue weighted by molar-refractivity contribution is 5.77. The molecular weight excluding hydrogens is 567 g/mol. The minimum Gasteiger partial charge on any atom is -0.496 e. The molecule has 1 saturated carbocycles. The summed E-state index contributed by atoms with van der Waals surface area (Å²) in [6, 6.07) is 3.58. The van der Waals surface area contributed by atoms with Crippen molar-refractivity contribution in [2.75, 3.05) is 13.7 Å². The summed E-state index contributed by atoms with van der Waals surface area (Å²) in [6.45, 7) is 5.76. The Kier molecular flexibility index (Phi) is 7.55. The summed E-state index contributed by atoms with van der Waals surface area (Å²) in [5.41, 5.74) is -0.353. The third-order valence-electron chi connectivity index (χ3n) is 8.52. The first-order valence-corrected chi connectivity index (χ1v) is 13.8. The molecule has 3 aliphatic rings. The predicted molar refractivity (Wildman–Crippen MR) is 141 cm³/mol. The third kappa shape index (κ3) is 5.97. The van der Waals surface area contributed by atoms with E-state index >= 15 is 0 Å². The van der Waals surface area contributed by atoms with Crippen molar-refractivity contribution in [1.29, 1.82) is 0 Å². The molecule has 0 radical (unpaired) electrons. The van der Waals surface area contributed by atoms with Crippen LogP contribution in [0.15, 0.2) is 35.9 Å². The Morgan fingerprint density at radius 2 is 1.62 bits per heavy atom. The average molecular weight is 600 g/mol. The first-order chi connectivity index (χ1) is 19.5. The molecule has 11 heteroatoms. The van der Waals surface area contributed by atoms with Crippen molar-refractivity contribution in [3.63, 3.8) is 0 Å². The Bertz CT molecular complexity index is 1390. The molecule has 2 aliphatic carbocycles. The number of hydrogen-bond acceptors (Lipinski definition) is 3. The van der Waals surface area contributed by atoms with Crippen molar-refractivity contribution in [3.05, 3.63) is 69.5 Å². The van der Waals surface area contributed by atoms with Crippen molar-refractivity contribution < 1.29 is 45.0 Å². The standard InChI is InChI=1S/C31H32F7NO3/c1-16-27(18-9-20(30(33,34)35)11-21(10-18)31(36,37)38)42-28(40)39(16)15-19-14-29(2,3)8-7-22(19)24-12-23(17-5-6-17)25(32)13-26(24)41-4/h9-13,16-17,27H,5-8,14-15H2,1-4H3. The van der Waals surface area contributed by atoms with Crippen molar-refractivity contribution in [1.82, 2.24) is 4.90 Å². The lowest BCUT2D eigenvalue weighted by Gasteiger charge is -2.36. The van der Waals surface area contributed by atoms with E-state index in [1.54, 1.807) is 6.92 Å². The van der Waals surface area contributed by atoms with Gasteiger partial charge in [0.05, 0.1) is 24.3 Å². The normalized spacial score (nSPS) is 22.9. The second-order valence-corrected chi connectivity index (χ2v) is 12.3. The van der Waals surface area contributed by atoms with Gasteiger partial charge in [-0.1, -0.05) is 13.8 Å². The van der Waals surface area contributed by atoms with E-state index in [2.05, 4.69) is 13.8 Å². The minimum atomic E-state index is -5.03. The van der Waals surface area contributed by atoms with Gasteiger partial charge in [0.15, 0.2) is 0 Å². The Balaban J connectivity index is 1.53. The Hall–Kier alpha value is -3.24. The Morgan fingerprint density at radius 3 is 2.17 bits per heavy atom. The van der Waals surface area contributed by atoms with Crippen LogP contribution in [-0.4, -0.2) is 30.7 Å². The van der Waals surface area contributed by atoms with Gasteiger partial charge in [0, 0.05) is 18.2 Å². The summed E-state index contributed by atoms with van der Waals surface area (Å²) in [5.74, 6) is 0.167. The summed E-state index contributed by atoms with van der Waals surface area (Å²) < 4.78 is 107. The molecular formula is C31H32F7NO3. The Labute approximate surface area is 239 Å². The number of halogens is 7. The van der Waals surface area contributed by atoms with Crippen LogP contribution in [0.2, 0.25) is 0 Å². The zero-order valence-electron chi connectivity index (χ0n) is 23.7. The third-order valence-corrected chi connectivity index (χ3v) is 8.52. The molecule has 2 aromatic rings. The second-order valence-electron chi connectivity index (χ2n) is 12.3. The smallest absolute Gasteiger partial charge is 0.416 e. The highest BCUT2D eigenvalue weighted by Gasteiger charge is 2.44. The highest BCUT2D eigenvalue weighted by Crippen LogP contribution is 2.49. The molecule has 0 N–H and O–H groups in total. The number of hydrogen-bond donors (Lipinski definition) is 0. The summed E-state index contributed by atoms with van der Waals surface area (Å²) in [7, 11) is 1.46. The number of carbonyl (C=O) groups is 1. The lowest BCUT2D eigenvalue weighted by Crippen LogP contribution is -2.35. The van der Waals surface area contributed by atoms with Crippen LogP contribution in [0.1, 0.15) is 92.7 Å². The number of methoxy groups -OCH3 is 1. The van der Waals surface area contributed by atoms with Gasteiger partial charge in [-0.05, 0) is 96.9 Å². The van der Waals surface area contributed by atoms with Crippen LogP contribution in [0.3, 0.4) is 0 Å². The van der Waals surface area contributed by atoms with Crippen molar-refractivity contribution in [2.45, 2.75) is 83.3 Å². The molecule has 0 bridgehead atoms. The molecule has 0 aromatic heterocycles. The van der Waals surface area contributed by atoms with Gasteiger partial charge < -0.3 is 9.47 Å². The molecule has 1 heterocycles. The zero-order chi connectivity index (χ0) is 30.8. The zero-order valence-corrected chi connectivity index (χ0v) is 23.7. The molecule has 1 aliphatic heterocycles. The fraction of sp³-hybridized carbons (Fsp3) is 0.516. The Morgan fingerprint density at radius 1 is 1.00 bits per heavy atom. The molecule has 1 amide bonds. The molecule has 1 saturated heterocycles. The summed E-state index contributed by atoms with van der Waals surface area (Å²) in [5, 5.41) is 0. The monoisotopic (exact) mass is 599 g/mol. The van der Waals surface area contributed by atoms with Gasteiger partial charge in [0.25, 0.3) is 0 Å².